The zero-order valence-electron chi connectivity index (χ0n) is 12.3. The average Bonchev–Trinajstić information content (AvgIpc) is 3.05. The van der Waals surface area contributed by atoms with Crippen molar-refractivity contribution in [3.8, 4) is 5.75 Å². The number of aromatic nitrogens is 2. The standard InChI is InChI=1S/C16H18ClN3O2/c1-21-14-3-2-9(17)4-8(14)5-15-19-16(22-20-15)12-7-13(18)11-6-10(11)12/h2-4,10-13H,5-7,18H2,1H3/t10-,11+,12-,13+/m1/s1. The van der Waals surface area contributed by atoms with Crippen molar-refractivity contribution >= 4 is 11.6 Å². The highest BCUT2D eigenvalue weighted by Gasteiger charge is 2.55. The maximum absolute atomic E-state index is 6.11. The number of nitrogens with zero attached hydrogens (tertiary/aromatic N) is 2. The molecular formula is C16H18ClN3O2. The van der Waals surface area contributed by atoms with Gasteiger partial charge in [0.1, 0.15) is 5.75 Å². The lowest BCUT2D eigenvalue weighted by molar-refractivity contribution is 0.338. The fourth-order valence-electron chi connectivity index (χ4n) is 3.66. The Kier molecular flexibility index (Phi) is 3.35. The predicted molar refractivity (Wildman–Crippen MR) is 82.0 cm³/mol. The number of ether oxygens (including phenoxy) is 1. The van der Waals surface area contributed by atoms with Crippen LogP contribution in [0.15, 0.2) is 22.7 Å². The molecule has 1 heterocycles. The Hall–Kier alpha value is -1.59. The van der Waals surface area contributed by atoms with Gasteiger partial charge in [0.25, 0.3) is 0 Å². The van der Waals surface area contributed by atoms with Crippen LogP contribution in [0.2, 0.25) is 5.02 Å². The summed E-state index contributed by atoms with van der Waals surface area (Å²) in [6.45, 7) is 0. The highest BCUT2D eigenvalue weighted by atomic mass is 35.5. The second kappa shape index (κ2) is 5.25. The van der Waals surface area contributed by atoms with Crippen molar-refractivity contribution in [3.63, 3.8) is 0 Å². The van der Waals surface area contributed by atoms with Gasteiger partial charge in [0.2, 0.25) is 5.89 Å². The summed E-state index contributed by atoms with van der Waals surface area (Å²) < 4.78 is 10.8. The van der Waals surface area contributed by atoms with Gasteiger partial charge in [0.15, 0.2) is 5.82 Å². The van der Waals surface area contributed by atoms with Crippen LogP contribution in [0.25, 0.3) is 0 Å². The van der Waals surface area contributed by atoms with Gasteiger partial charge in [0.05, 0.1) is 7.11 Å². The third-order valence-corrected chi connectivity index (χ3v) is 5.11. The first-order valence-corrected chi connectivity index (χ1v) is 7.94. The molecule has 0 spiro atoms. The van der Waals surface area contributed by atoms with Gasteiger partial charge < -0.3 is 15.0 Å². The van der Waals surface area contributed by atoms with E-state index in [0.717, 1.165) is 23.6 Å². The molecular weight excluding hydrogens is 302 g/mol. The molecule has 2 aliphatic rings. The van der Waals surface area contributed by atoms with Crippen molar-refractivity contribution in [1.29, 1.82) is 0 Å². The summed E-state index contributed by atoms with van der Waals surface area (Å²) in [5, 5.41) is 4.78. The number of halogens is 1. The monoisotopic (exact) mass is 319 g/mol. The van der Waals surface area contributed by atoms with Gasteiger partial charge in [0, 0.05) is 29.0 Å². The number of nitrogens with two attached hydrogens (primary N) is 1. The molecule has 4 rings (SSSR count). The van der Waals surface area contributed by atoms with E-state index in [4.69, 9.17) is 26.6 Å². The van der Waals surface area contributed by atoms with Gasteiger partial charge in [-0.05, 0) is 42.9 Å². The van der Waals surface area contributed by atoms with Crippen molar-refractivity contribution < 1.29 is 9.26 Å². The van der Waals surface area contributed by atoms with Crippen molar-refractivity contribution in [1.82, 2.24) is 10.1 Å². The summed E-state index contributed by atoms with van der Waals surface area (Å²) in [6.07, 6.45) is 2.70. The number of hydrogen-bond acceptors (Lipinski definition) is 5. The topological polar surface area (TPSA) is 74.2 Å². The smallest absolute Gasteiger partial charge is 0.230 e. The second-order valence-corrected chi connectivity index (χ2v) is 6.69. The highest BCUT2D eigenvalue weighted by Crippen LogP contribution is 2.58. The Morgan fingerprint density at radius 3 is 2.91 bits per heavy atom. The SMILES string of the molecule is COc1ccc(Cl)cc1Cc1noc([C@@H]2C[C@H](N)[C@H]3C[C@H]32)n1. The van der Waals surface area contributed by atoms with Gasteiger partial charge in [-0.15, -0.1) is 0 Å². The van der Waals surface area contributed by atoms with E-state index in [2.05, 4.69) is 10.1 Å². The van der Waals surface area contributed by atoms with Crippen LogP contribution in [-0.2, 0) is 6.42 Å². The lowest BCUT2D eigenvalue weighted by atomic mass is 10.0. The second-order valence-electron chi connectivity index (χ2n) is 6.25. The number of fused-ring (bicyclic) bond motifs is 1. The van der Waals surface area contributed by atoms with Crippen LogP contribution in [0.3, 0.4) is 0 Å². The zero-order chi connectivity index (χ0) is 15.3. The van der Waals surface area contributed by atoms with E-state index in [0.29, 0.717) is 41.1 Å². The maximum atomic E-state index is 6.11. The Morgan fingerprint density at radius 2 is 2.23 bits per heavy atom. The molecule has 0 bridgehead atoms. The van der Waals surface area contributed by atoms with Crippen molar-refractivity contribution in [3.05, 3.63) is 40.5 Å². The fourth-order valence-corrected chi connectivity index (χ4v) is 3.86. The average molecular weight is 320 g/mol. The number of rotatable bonds is 4. The molecule has 2 aliphatic carbocycles. The molecule has 1 aromatic heterocycles. The Labute approximate surface area is 133 Å². The fraction of sp³-hybridized carbons (Fsp3) is 0.500. The molecule has 2 N–H and O–H groups in total. The number of methoxy groups -OCH3 is 1. The van der Waals surface area contributed by atoms with Crippen molar-refractivity contribution in [2.45, 2.75) is 31.2 Å². The van der Waals surface area contributed by atoms with Crippen LogP contribution in [0, 0.1) is 11.8 Å². The Morgan fingerprint density at radius 1 is 1.36 bits per heavy atom. The van der Waals surface area contributed by atoms with Gasteiger partial charge in [-0.3, -0.25) is 0 Å². The van der Waals surface area contributed by atoms with E-state index in [1.807, 2.05) is 12.1 Å². The molecule has 5 nitrogen and oxygen atoms in total. The minimum absolute atomic E-state index is 0.290. The first-order chi connectivity index (χ1) is 10.7. The lowest BCUT2D eigenvalue weighted by Crippen LogP contribution is -2.19. The molecule has 2 aromatic rings. The van der Waals surface area contributed by atoms with Crippen LogP contribution in [-0.4, -0.2) is 23.3 Å². The number of benzene rings is 1. The Bertz CT molecular complexity index is 702. The van der Waals surface area contributed by atoms with E-state index < -0.39 is 0 Å². The van der Waals surface area contributed by atoms with Gasteiger partial charge in [-0.2, -0.15) is 4.98 Å². The first kappa shape index (κ1) is 14.0. The third kappa shape index (κ3) is 2.38. The molecule has 2 saturated carbocycles. The lowest BCUT2D eigenvalue weighted by Gasteiger charge is -2.08. The van der Waals surface area contributed by atoms with E-state index in [-0.39, 0.29) is 0 Å². The molecule has 22 heavy (non-hydrogen) atoms. The molecule has 6 heteroatoms. The van der Waals surface area contributed by atoms with Gasteiger partial charge >= 0.3 is 0 Å². The summed E-state index contributed by atoms with van der Waals surface area (Å²) in [5.74, 6) is 3.81. The van der Waals surface area contributed by atoms with Gasteiger partial charge in [-0.25, -0.2) is 0 Å². The molecule has 0 radical (unpaired) electrons. The molecule has 0 saturated heterocycles. The van der Waals surface area contributed by atoms with Crippen LogP contribution in [0.5, 0.6) is 5.75 Å². The largest absolute Gasteiger partial charge is 0.496 e. The van der Waals surface area contributed by atoms with E-state index >= 15 is 0 Å². The van der Waals surface area contributed by atoms with Crippen LogP contribution >= 0.6 is 11.6 Å². The summed E-state index contributed by atoms with van der Waals surface area (Å²) in [5.41, 5.74) is 7.06. The summed E-state index contributed by atoms with van der Waals surface area (Å²) in [7, 11) is 1.64. The van der Waals surface area contributed by atoms with Crippen LogP contribution in [0.4, 0.5) is 0 Å². The minimum Gasteiger partial charge on any atom is -0.496 e. The number of hydrogen-bond donors (Lipinski definition) is 1. The van der Waals surface area contributed by atoms with Crippen LogP contribution in [0.1, 0.15) is 36.0 Å². The normalized spacial score (nSPS) is 29.4. The third-order valence-electron chi connectivity index (χ3n) is 4.88. The molecule has 116 valence electrons. The van der Waals surface area contributed by atoms with Crippen molar-refractivity contribution in [2.75, 3.05) is 7.11 Å². The quantitative estimate of drug-likeness (QED) is 0.938. The van der Waals surface area contributed by atoms with E-state index in [1.54, 1.807) is 13.2 Å². The molecule has 2 fully saturated rings. The predicted octanol–water partition coefficient (Wildman–Crippen LogP) is 2.77. The van der Waals surface area contributed by atoms with Crippen LogP contribution < -0.4 is 10.5 Å². The molecule has 0 amide bonds. The summed E-state index contributed by atoms with van der Waals surface area (Å²) in [4.78, 5) is 4.57. The first-order valence-electron chi connectivity index (χ1n) is 7.56. The zero-order valence-corrected chi connectivity index (χ0v) is 13.1. The molecule has 0 unspecified atom stereocenters. The maximum Gasteiger partial charge on any atom is 0.230 e. The van der Waals surface area contributed by atoms with E-state index in [1.165, 1.54) is 6.42 Å². The van der Waals surface area contributed by atoms with Gasteiger partial charge in [-0.1, -0.05) is 16.8 Å². The molecule has 4 atom stereocenters. The molecule has 1 aromatic carbocycles. The summed E-state index contributed by atoms with van der Waals surface area (Å²) in [6, 6.07) is 5.82. The minimum atomic E-state index is 0.290. The highest BCUT2D eigenvalue weighted by molar-refractivity contribution is 6.30. The Balaban J connectivity index is 1.54. The van der Waals surface area contributed by atoms with E-state index in [9.17, 15) is 0 Å². The summed E-state index contributed by atoms with van der Waals surface area (Å²) >= 11 is 6.06. The van der Waals surface area contributed by atoms with Crippen molar-refractivity contribution in [2.24, 2.45) is 17.6 Å². The molecule has 0 aliphatic heterocycles.